The zero-order valence-electron chi connectivity index (χ0n) is 11.8. The van der Waals surface area contributed by atoms with E-state index in [4.69, 9.17) is 9.47 Å². The van der Waals surface area contributed by atoms with E-state index >= 15 is 0 Å². The summed E-state index contributed by atoms with van der Waals surface area (Å²) in [7, 11) is -3.77. The largest absolute Gasteiger partial charge is 0.490 e. The van der Waals surface area contributed by atoms with Gasteiger partial charge in [0.25, 0.3) is 10.0 Å². The topological polar surface area (TPSA) is 65.0 Å². The predicted molar refractivity (Wildman–Crippen MR) is 83.3 cm³/mol. The molecule has 3 rings (SSSR count). The maximum Gasteiger partial charge on any atom is 0.282 e. The van der Waals surface area contributed by atoms with E-state index in [1.807, 2.05) is 18.2 Å². The van der Waals surface area contributed by atoms with Crippen molar-refractivity contribution in [3.63, 3.8) is 0 Å². The quantitative estimate of drug-likeness (QED) is 0.816. The Hall–Kier alpha value is -2.34. The Morgan fingerprint density at radius 1 is 0.955 bits per heavy atom. The van der Waals surface area contributed by atoms with Crippen molar-refractivity contribution in [1.82, 2.24) is 0 Å². The maximum atomic E-state index is 12.3. The monoisotopic (exact) mass is 317 g/mol. The number of sulfonamides is 1. The number of benzene rings is 2. The van der Waals surface area contributed by atoms with Crippen LogP contribution in [0.3, 0.4) is 0 Å². The Kier molecular flexibility index (Phi) is 4.11. The van der Waals surface area contributed by atoms with Gasteiger partial charge in [-0.2, -0.15) is 12.8 Å². The van der Waals surface area contributed by atoms with Crippen molar-refractivity contribution in [2.75, 3.05) is 13.2 Å². The first-order valence-corrected chi connectivity index (χ1v) is 8.34. The van der Waals surface area contributed by atoms with Crippen LogP contribution >= 0.6 is 0 Å². The first-order chi connectivity index (χ1) is 10.6. The molecule has 5 nitrogen and oxygen atoms in total. The molecule has 2 aromatic carbocycles. The van der Waals surface area contributed by atoms with Crippen LogP contribution in [0.25, 0.3) is 0 Å². The van der Waals surface area contributed by atoms with Gasteiger partial charge in [0.2, 0.25) is 0 Å². The summed E-state index contributed by atoms with van der Waals surface area (Å²) in [5, 5.41) is 0. The Morgan fingerprint density at radius 2 is 1.68 bits per heavy atom. The second-order valence-corrected chi connectivity index (χ2v) is 6.41. The first kappa shape index (κ1) is 14.6. The van der Waals surface area contributed by atoms with E-state index in [9.17, 15) is 8.42 Å². The van der Waals surface area contributed by atoms with E-state index in [1.165, 1.54) is 18.3 Å². The Labute approximate surface area is 129 Å². The standard InChI is InChI=1S/C16H15NO4S/c18-22(19,17-12-13-5-2-1-3-6-13)14-7-8-15-16(11-14)21-10-4-9-20-15/h1-3,5-8,11-12H,4,9-10H2/b17-12-. The second kappa shape index (κ2) is 6.19. The molecule has 0 unspecified atom stereocenters. The van der Waals surface area contributed by atoms with Gasteiger partial charge in [-0.1, -0.05) is 30.3 Å². The number of hydrogen-bond acceptors (Lipinski definition) is 4. The Bertz CT molecular complexity index is 785. The highest BCUT2D eigenvalue weighted by Gasteiger charge is 2.17. The van der Waals surface area contributed by atoms with Crippen LogP contribution < -0.4 is 9.47 Å². The third kappa shape index (κ3) is 3.28. The Balaban J connectivity index is 1.89. The van der Waals surface area contributed by atoms with Crippen LogP contribution in [0.5, 0.6) is 11.5 Å². The van der Waals surface area contributed by atoms with Gasteiger partial charge in [0, 0.05) is 18.7 Å². The van der Waals surface area contributed by atoms with Crippen LogP contribution in [0.15, 0.2) is 57.8 Å². The molecule has 1 aliphatic rings. The van der Waals surface area contributed by atoms with E-state index in [2.05, 4.69) is 4.40 Å². The lowest BCUT2D eigenvalue weighted by molar-refractivity contribution is 0.297. The highest BCUT2D eigenvalue weighted by molar-refractivity contribution is 7.90. The minimum absolute atomic E-state index is 0.0870. The molecule has 0 bridgehead atoms. The van der Waals surface area contributed by atoms with Crippen LogP contribution in [-0.2, 0) is 10.0 Å². The fraction of sp³-hybridized carbons (Fsp3) is 0.188. The van der Waals surface area contributed by atoms with Crippen molar-refractivity contribution in [3.05, 3.63) is 54.1 Å². The summed E-state index contributed by atoms with van der Waals surface area (Å²) < 4.78 is 39.3. The Morgan fingerprint density at radius 3 is 2.45 bits per heavy atom. The van der Waals surface area contributed by atoms with Crippen LogP contribution in [0, 0.1) is 0 Å². The van der Waals surface area contributed by atoms with E-state index < -0.39 is 10.0 Å². The molecule has 22 heavy (non-hydrogen) atoms. The summed E-state index contributed by atoms with van der Waals surface area (Å²) in [6.45, 7) is 1.06. The summed E-state index contributed by atoms with van der Waals surface area (Å²) in [5.41, 5.74) is 0.723. The van der Waals surface area contributed by atoms with Gasteiger partial charge in [0.1, 0.15) is 0 Å². The van der Waals surface area contributed by atoms with Gasteiger partial charge >= 0.3 is 0 Å². The van der Waals surface area contributed by atoms with E-state index in [0.717, 1.165) is 12.0 Å². The molecule has 0 saturated carbocycles. The molecule has 6 heteroatoms. The van der Waals surface area contributed by atoms with Crippen LogP contribution in [0.4, 0.5) is 0 Å². The van der Waals surface area contributed by atoms with Gasteiger partial charge in [-0.15, -0.1) is 0 Å². The molecule has 0 amide bonds. The number of nitrogens with zero attached hydrogens (tertiary/aromatic N) is 1. The summed E-state index contributed by atoms with van der Waals surface area (Å²) >= 11 is 0. The fourth-order valence-electron chi connectivity index (χ4n) is 2.03. The van der Waals surface area contributed by atoms with Gasteiger partial charge < -0.3 is 9.47 Å². The number of ether oxygens (including phenoxy) is 2. The number of hydrogen-bond donors (Lipinski definition) is 0. The molecule has 0 aliphatic carbocycles. The summed E-state index contributed by atoms with van der Waals surface area (Å²) in [5.74, 6) is 0.997. The van der Waals surface area contributed by atoms with Crippen molar-refractivity contribution in [2.24, 2.45) is 4.40 Å². The molecule has 0 N–H and O–H groups in total. The van der Waals surface area contributed by atoms with Gasteiger partial charge in [0.15, 0.2) is 11.5 Å². The molecule has 0 fully saturated rings. The van der Waals surface area contributed by atoms with Crippen LogP contribution in [0.1, 0.15) is 12.0 Å². The van der Waals surface area contributed by atoms with Crippen molar-refractivity contribution >= 4 is 16.2 Å². The van der Waals surface area contributed by atoms with E-state index in [-0.39, 0.29) is 4.90 Å². The first-order valence-electron chi connectivity index (χ1n) is 6.90. The molecule has 0 atom stereocenters. The lowest BCUT2D eigenvalue weighted by Crippen LogP contribution is -2.00. The lowest BCUT2D eigenvalue weighted by atomic mass is 10.2. The average molecular weight is 317 g/mol. The molecule has 0 saturated heterocycles. The number of fused-ring (bicyclic) bond motifs is 1. The molecule has 114 valence electrons. The number of rotatable bonds is 3. The molecule has 0 aromatic heterocycles. The molecular weight excluding hydrogens is 302 g/mol. The minimum atomic E-state index is -3.77. The van der Waals surface area contributed by atoms with Crippen LogP contribution in [0.2, 0.25) is 0 Å². The van der Waals surface area contributed by atoms with Crippen LogP contribution in [-0.4, -0.2) is 27.8 Å². The van der Waals surface area contributed by atoms with Gasteiger partial charge in [0.05, 0.1) is 18.1 Å². The summed E-state index contributed by atoms with van der Waals surface area (Å²) in [6.07, 6.45) is 2.10. The molecular formula is C16H15NO4S. The maximum absolute atomic E-state index is 12.3. The molecule has 1 heterocycles. The predicted octanol–water partition coefficient (Wildman–Crippen LogP) is 2.66. The average Bonchev–Trinajstić information content (AvgIpc) is 2.78. The molecule has 2 aromatic rings. The van der Waals surface area contributed by atoms with Crippen molar-refractivity contribution in [2.45, 2.75) is 11.3 Å². The van der Waals surface area contributed by atoms with Crippen molar-refractivity contribution < 1.29 is 17.9 Å². The third-order valence-corrected chi connectivity index (χ3v) is 4.39. The minimum Gasteiger partial charge on any atom is -0.490 e. The lowest BCUT2D eigenvalue weighted by Gasteiger charge is -2.08. The summed E-state index contributed by atoms with van der Waals surface area (Å²) in [4.78, 5) is 0.0870. The fourth-order valence-corrected chi connectivity index (χ4v) is 2.91. The highest BCUT2D eigenvalue weighted by Crippen LogP contribution is 2.32. The van der Waals surface area contributed by atoms with E-state index in [1.54, 1.807) is 18.2 Å². The van der Waals surface area contributed by atoms with Gasteiger partial charge in [-0.25, -0.2) is 0 Å². The highest BCUT2D eigenvalue weighted by atomic mass is 32.2. The van der Waals surface area contributed by atoms with Crippen molar-refractivity contribution in [1.29, 1.82) is 0 Å². The molecule has 1 aliphatic heterocycles. The van der Waals surface area contributed by atoms with Gasteiger partial charge in [-0.3, -0.25) is 0 Å². The molecule has 0 radical (unpaired) electrons. The zero-order valence-corrected chi connectivity index (χ0v) is 12.6. The van der Waals surface area contributed by atoms with E-state index in [0.29, 0.717) is 24.7 Å². The molecule has 0 spiro atoms. The smallest absolute Gasteiger partial charge is 0.282 e. The van der Waals surface area contributed by atoms with Crippen molar-refractivity contribution in [3.8, 4) is 11.5 Å². The van der Waals surface area contributed by atoms with Gasteiger partial charge in [-0.05, 0) is 17.7 Å². The second-order valence-electron chi connectivity index (χ2n) is 4.78. The zero-order chi connectivity index (χ0) is 15.4. The summed E-state index contributed by atoms with van der Waals surface area (Å²) in [6, 6.07) is 13.6. The normalized spacial score (nSPS) is 14.7. The SMILES string of the molecule is O=S(=O)(/N=C\c1ccccc1)c1ccc2c(c1)OCCCO2. The third-order valence-electron chi connectivity index (χ3n) is 3.16.